The number of aliphatic imine (C=N–C) groups is 1. The number of hydrogen-bond acceptors (Lipinski definition) is 1. The first-order chi connectivity index (χ1) is 5.72. The highest BCUT2D eigenvalue weighted by Crippen LogP contribution is 2.05. The second-order valence-corrected chi connectivity index (χ2v) is 3.12. The van der Waals surface area contributed by atoms with Gasteiger partial charge in [-0.1, -0.05) is 29.8 Å². The monoisotopic (exact) mass is 161 g/mol. The molecule has 0 radical (unpaired) electrons. The molecule has 0 unspecified atom stereocenters. The summed E-state index contributed by atoms with van der Waals surface area (Å²) in [5, 5.41) is 0. The minimum atomic E-state index is 0.970. The summed E-state index contributed by atoms with van der Waals surface area (Å²) < 4.78 is 0. The van der Waals surface area contributed by atoms with Gasteiger partial charge in [0, 0.05) is 19.2 Å². The Morgan fingerprint density at radius 1 is 1.42 bits per heavy atom. The maximum atomic E-state index is 4.13. The highest BCUT2D eigenvalue weighted by molar-refractivity contribution is 5.84. The molecule has 1 aromatic carbocycles. The van der Waals surface area contributed by atoms with E-state index in [1.54, 1.807) is 0 Å². The highest BCUT2D eigenvalue weighted by atomic mass is 14.7. The molecule has 0 saturated heterocycles. The van der Waals surface area contributed by atoms with Gasteiger partial charge in [-0.2, -0.15) is 0 Å². The third-order valence-electron chi connectivity index (χ3n) is 1.92. The predicted octanol–water partition coefficient (Wildman–Crippen LogP) is 2.63. The summed E-state index contributed by atoms with van der Waals surface area (Å²) in [5.41, 5.74) is 3.84. The molecule has 1 heteroatoms. The van der Waals surface area contributed by atoms with Gasteiger partial charge in [-0.05, 0) is 19.4 Å². The van der Waals surface area contributed by atoms with Gasteiger partial charge in [-0.3, -0.25) is 4.99 Å². The van der Waals surface area contributed by atoms with Crippen molar-refractivity contribution < 1.29 is 0 Å². The van der Waals surface area contributed by atoms with Crippen LogP contribution < -0.4 is 0 Å². The van der Waals surface area contributed by atoms with Crippen LogP contribution in [0, 0.1) is 6.92 Å². The lowest BCUT2D eigenvalue weighted by Crippen LogP contribution is -1.96. The Kier molecular flexibility index (Phi) is 3.03. The molecule has 0 atom stereocenters. The average Bonchev–Trinajstić information content (AvgIpc) is 2.04. The Labute approximate surface area is 74.2 Å². The van der Waals surface area contributed by atoms with Gasteiger partial charge in [0.25, 0.3) is 0 Å². The second kappa shape index (κ2) is 4.05. The number of rotatable bonds is 2. The second-order valence-electron chi connectivity index (χ2n) is 3.12. The molecule has 0 aliphatic heterocycles. The zero-order valence-electron chi connectivity index (χ0n) is 7.96. The lowest BCUT2D eigenvalue weighted by molar-refractivity contribution is 1.25. The van der Waals surface area contributed by atoms with Gasteiger partial charge < -0.3 is 0 Å². The Morgan fingerprint density at radius 2 is 2.17 bits per heavy atom. The van der Waals surface area contributed by atoms with Crippen molar-refractivity contribution in [3.05, 3.63) is 35.4 Å². The fraction of sp³-hybridized carbons (Fsp3) is 0.364. The molecule has 1 rings (SSSR count). The van der Waals surface area contributed by atoms with E-state index in [0.717, 1.165) is 6.42 Å². The van der Waals surface area contributed by atoms with Crippen LogP contribution in [0.15, 0.2) is 29.3 Å². The molecule has 1 aromatic rings. The number of aryl methyl sites for hydroxylation is 1. The Balaban J connectivity index is 2.76. The van der Waals surface area contributed by atoms with Crippen LogP contribution in [-0.2, 0) is 6.42 Å². The van der Waals surface area contributed by atoms with E-state index in [4.69, 9.17) is 0 Å². The first kappa shape index (κ1) is 8.98. The Morgan fingerprint density at radius 3 is 2.75 bits per heavy atom. The van der Waals surface area contributed by atoms with Gasteiger partial charge in [-0.25, -0.2) is 0 Å². The van der Waals surface area contributed by atoms with Gasteiger partial charge in [0.15, 0.2) is 0 Å². The lowest BCUT2D eigenvalue weighted by Gasteiger charge is -2.00. The van der Waals surface area contributed by atoms with Crippen molar-refractivity contribution in [2.24, 2.45) is 4.99 Å². The fourth-order valence-corrected chi connectivity index (χ4v) is 1.20. The van der Waals surface area contributed by atoms with Crippen molar-refractivity contribution in [1.29, 1.82) is 0 Å². The maximum absolute atomic E-state index is 4.13. The third-order valence-corrected chi connectivity index (χ3v) is 1.92. The number of nitrogens with zero attached hydrogens (tertiary/aromatic N) is 1. The molecule has 0 saturated carbocycles. The van der Waals surface area contributed by atoms with Crippen molar-refractivity contribution in [2.75, 3.05) is 7.05 Å². The van der Waals surface area contributed by atoms with E-state index >= 15 is 0 Å². The molecule has 0 aliphatic rings. The van der Waals surface area contributed by atoms with E-state index in [2.05, 4.69) is 43.1 Å². The topological polar surface area (TPSA) is 12.4 Å². The summed E-state index contributed by atoms with van der Waals surface area (Å²) in [6.45, 7) is 4.17. The first-order valence-corrected chi connectivity index (χ1v) is 4.20. The van der Waals surface area contributed by atoms with E-state index in [-0.39, 0.29) is 0 Å². The SMILES string of the molecule is CN=C(C)Cc1cccc(C)c1. The molecule has 0 aliphatic carbocycles. The molecular formula is C11H15N. The van der Waals surface area contributed by atoms with E-state index < -0.39 is 0 Å². The van der Waals surface area contributed by atoms with Crippen molar-refractivity contribution in [2.45, 2.75) is 20.3 Å². The van der Waals surface area contributed by atoms with Crippen LogP contribution in [0.3, 0.4) is 0 Å². The summed E-state index contributed by atoms with van der Waals surface area (Å²) in [7, 11) is 1.84. The largest absolute Gasteiger partial charge is 0.297 e. The summed E-state index contributed by atoms with van der Waals surface area (Å²) in [5.74, 6) is 0. The molecule has 0 spiro atoms. The normalized spacial score (nSPS) is 11.8. The zero-order chi connectivity index (χ0) is 8.97. The number of benzene rings is 1. The molecule has 12 heavy (non-hydrogen) atoms. The zero-order valence-corrected chi connectivity index (χ0v) is 7.96. The van der Waals surface area contributed by atoms with Crippen molar-refractivity contribution in [3.8, 4) is 0 Å². The van der Waals surface area contributed by atoms with Crippen molar-refractivity contribution >= 4 is 5.71 Å². The van der Waals surface area contributed by atoms with Crippen molar-refractivity contribution in [1.82, 2.24) is 0 Å². The van der Waals surface area contributed by atoms with Gasteiger partial charge >= 0.3 is 0 Å². The van der Waals surface area contributed by atoms with Gasteiger partial charge in [0.05, 0.1) is 0 Å². The third kappa shape index (κ3) is 2.50. The number of hydrogen-bond donors (Lipinski definition) is 0. The van der Waals surface area contributed by atoms with Gasteiger partial charge in [0.2, 0.25) is 0 Å². The Bertz CT molecular complexity index is 287. The predicted molar refractivity (Wildman–Crippen MR) is 53.9 cm³/mol. The summed E-state index contributed by atoms with van der Waals surface area (Å²) in [6.07, 6.45) is 0.970. The van der Waals surface area contributed by atoms with Crippen LogP contribution in [0.5, 0.6) is 0 Å². The minimum absolute atomic E-state index is 0.970. The van der Waals surface area contributed by atoms with Crippen LogP contribution in [0.1, 0.15) is 18.1 Å². The molecule has 1 nitrogen and oxygen atoms in total. The highest BCUT2D eigenvalue weighted by Gasteiger charge is 1.94. The van der Waals surface area contributed by atoms with Crippen LogP contribution in [0.4, 0.5) is 0 Å². The fourth-order valence-electron chi connectivity index (χ4n) is 1.20. The van der Waals surface area contributed by atoms with E-state index in [1.807, 2.05) is 7.05 Å². The molecule has 0 N–H and O–H groups in total. The molecule has 0 fully saturated rings. The molecule has 0 bridgehead atoms. The van der Waals surface area contributed by atoms with E-state index in [1.165, 1.54) is 16.8 Å². The van der Waals surface area contributed by atoms with Gasteiger partial charge in [-0.15, -0.1) is 0 Å². The quantitative estimate of drug-likeness (QED) is 0.591. The molecule has 0 amide bonds. The summed E-state index contributed by atoms with van der Waals surface area (Å²) in [4.78, 5) is 4.13. The molecular weight excluding hydrogens is 146 g/mol. The van der Waals surface area contributed by atoms with Crippen LogP contribution >= 0.6 is 0 Å². The first-order valence-electron chi connectivity index (χ1n) is 4.20. The lowest BCUT2D eigenvalue weighted by atomic mass is 10.1. The Hall–Kier alpha value is -1.11. The standard InChI is InChI=1S/C11H15N/c1-9-5-4-6-11(7-9)8-10(2)12-3/h4-7H,8H2,1-3H3. The minimum Gasteiger partial charge on any atom is -0.297 e. The maximum Gasteiger partial charge on any atom is 0.0276 e. The molecule has 0 aromatic heterocycles. The average molecular weight is 161 g/mol. The summed E-state index contributed by atoms with van der Waals surface area (Å²) >= 11 is 0. The summed E-state index contributed by atoms with van der Waals surface area (Å²) in [6, 6.07) is 8.55. The van der Waals surface area contributed by atoms with Crippen molar-refractivity contribution in [3.63, 3.8) is 0 Å². The molecule has 64 valence electrons. The van der Waals surface area contributed by atoms with Crippen LogP contribution in [0.2, 0.25) is 0 Å². The van der Waals surface area contributed by atoms with Crippen LogP contribution in [-0.4, -0.2) is 12.8 Å². The van der Waals surface area contributed by atoms with Crippen LogP contribution in [0.25, 0.3) is 0 Å². The molecule has 0 heterocycles. The smallest absolute Gasteiger partial charge is 0.0276 e. The van der Waals surface area contributed by atoms with E-state index in [0.29, 0.717) is 0 Å². The van der Waals surface area contributed by atoms with Gasteiger partial charge in [0.1, 0.15) is 0 Å². The van der Waals surface area contributed by atoms with E-state index in [9.17, 15) is 0 Å².